The van der Waals surface area contributed by atoms with Gasteiger partial charge >= 0.3 is 0 Å². The molecule has 110 valence electrons. The summed E-state index contributed by atoms with van der Waals surface area (Å²) in [7, 11) is 0. The zero-order valence-corrected chi connectivity index (χ0v) is 12.1. The molecular formula is C18H20FNO. The summed E-state index contributed by atoms with van der Waals surface area (Å²) in [6, 6.07) is 14.6. The third kappa shape index (κ3) is 3.08. The first-order valence-electron chi connectivity index (χ1n) is 7.36. The van der Waals surface area contributed by atoms with Crippen molar-refractivity contribution in [1.82, 2.24) is 0 Å². The first-order valence-corrected chi connectivity index (χ1v) is 7.36. The first kappa shape index (κ1) is 14.1. The van der Waals surface area contributed by atoms with E-state index >= 15 is 0 Å². The molecule has 2 atom stereocenters. The second-order valence-electron chi connectivity index (χ2n) is 6.06. The van der Waals surface area contributed by atoms with Crippen LogP contribution in [-0.2, 0) is 12.8 Å². The highest BCUT2D eigenvalue weighted by molar-refractivity contribution is 5.54. The lowest BCUT2D eigenvalue weighted by Gasteiger charge is -2.38. The maximum atomic E-state index is 13.3. The Morgan fingerprint density at radius 1 is 1.24 bits per heavy atom. The van der Waals surface area contributed by atoms with Crippen molar-refractivity contribution in [1.29, 1.82) is 0 Å². The monoisotopic (exact) mass is 285 g/mol. The standard InChI is InChI=1S/C18H20FNO/c1-18(21,12-13-5-4-7-15(19)11-13)17-10-9-14-6-2-3-8-16(14)20-17/h2-8,11,17,20-21H,9-10,12H2,1H3. The molecular weight excluding hydrogens is 265 g/mol. The second-order valence-corrected chi connectivity index (χ2v) is 6.06. The van der Waals surface area contributed by atoms with Crippen LogP contribution in [0.3, 0.4) is 0 Å². The predicted molar refractivity (Wildman–Crippen MR) is 82.9 cm³/mol. The Bertz CT molecular complexity index is 639. The molecule has 2 aromatic rings. The summed E-state index contributed by atoms with van der Waals surface area (Å²) in [5, 5.41) is 14.3. The Morgan fingerprint density at radius 3 is 2.86 bits per heavy atom. The Balaban J connectivity index is 1.77. The van der Waals surface area contributed by atoms with Crippen LogP contribution in [0.4, 0.5) is 10.1 Å². The van der Waals surface area contributed by atoms with E-state index in [1.54, 1.807) is 6.07 Å². The largest absolute Gasteiger partial charge is 0.388 e. The Hall–Kier alpha value is -1.87. The molecule has 3 rings (SSSR count). The molecule has 1 aliphatic heterocycles. The number of aliphatic hydroxyl groups is 1. The van der Waals surface area contributed by atoms with Crippen LogP contribution in [0.15, 0.2) is 48.5 Å². The van der Waals surface area contributed by atoms with E-state index in [9.17, 15) is 9.50 Å². The van der Waals surface area contributed by atoms with Gasteiger partial charge in [-0.3, -0.25) is 0 Å². The van der Waals surface area contributed by atoms with Gasteiger partial charge in [0.2, 0.25) is 0 Å². The van der Waals surface area contributed by atoms with Gasteiger partial charge in [0.15, 0.2) is 0 Å². The number of halogens is 1. The minimum atomic E-state index is -0.915. The molecule has 2 nitrogen and oxygen atoms in total. The normalized spacial score (nSPS) is 20.2. The minimum Gasteiger partial charge on any atom is -0.388 e. The number of anilines is 1. The van der Waals surface area contributed by atoms with Gasteiger partial charge < -0.3 is 10.4 Å². The summed E-state index contributed by atoms with van der Waals surface area (Å²) < 4.78 is 13.3. The number of hydrogen-bond donors (Lipinski definition) is 2. The van der Waals surface area contributed by atoms with Gasteiger partial charge in [0.05, 0.1) is 11.6 Å². The van der Waals surface area contributed by atoms with Crippen LogP contribution in [0.1, 0.15) is 24.5 Å². The summed E-state index contributed by atoms with van der Waals surface area (Å²) >= 11 is 0. The maximum Gasteiger partial charge on any atom is 0.123 e. The van der Waals surface area contributed by atoms with Gasteiger partial charge in [0.25, 0.3) is 0 Å². The molecule has 0 radical (unpaired) electrons. The fraction of sp³-hybridized carbons (Fsp3) is 0.333. The summed E-state index contributed by atoms with van der Waals surface area (Å²) in [5.41, 5.74) is 2.28. The van der Waals surface area contributed by atoms with E-state index in [2.05, 4.69) is 11.4 Å². The molecule has 1 aliphatic rings. The summed E-state index contributed by atoms with van der Waals surface area (Å²) in [6.07, 6.45) is 2.26. The van der Waals surface area contributed by atoms with Crippen LogP contribution < -0.4 is 5.32 Å². The number of nitrogens with one attached hydrogen (secondary N) is 1. The lowest BCUT2D eigenvalue weighted by atomic mass is 9.83. The molecule has 0 aromatic heterocycles. The summed E-state index contributed by atoms with van der Waals surface area (Å²) in [6.45, 7) is 1.82. The van der Waals surface area contributed by atoms with E-state index in [0.717, 1.165) is 24.1 Å². The molecule has 0 saturated carbocycles. The van der Waals surface area contributed by atoms with Crippen molar-refractivity contribution >= 4 is 5.69 Å². The lowest BCUT2D eigenvalue weighted by molar-refractivity contribution is 0.0362. The SMILES string of the molecule is CC(O)(Cc1cccc(F)c1)C1CCc2ccccc2N1. The minimum absolute atomic E-state index is 0.0318. The number of fused-ring (bicyclic) bond motifs is 1. The zero-order valence-electron chi connectivity index (χ0n) is 12.1. The highest BCUT2D eigenvalue weighted by Gasteiger charge is 2.34. The van der Waals surface area contributed by atoms with Gasteiger partial charge in [-0.1, -0.05) is 30.3 Å². The van der Waals surface area contributed by atoms with Gasteiger partial charge in [0, 0.05) is 12.1 Å². The molecule has 0 aliphatic carbocycles. The van der Waals surface area contributed by atoms with Gasteiger partial charge in [0.1, 0.15) is 5.82 Å². The number of hydrogen-bond acceptors (Lipinski definition) is 2. The molecule has 2 unspecified atom stereocenters. The van der Waals surface area contributed by atoms with Crippen molar-refractivity contribution < 1.29 is 9.50 Å². The zero-order chi connectivity index (χ0) is 14.9. The smallest absolute Gasteiger partial charge is 0.123 e. The molecule has 0 bridgehead atoms. The number of rotatable bonds is 3. The third-order valence-electron chi connectivity index (χ3n) is 4.25. The van der Waals surface area contributed by atoms with Crippen LogP contribution in [0, 0.1) is 5.82 Å². The van der Waals surface area contributed by atoms with E-state index in [-0.39, 0.29) is 11.9 Å². The fourth-order valence-corrected chi connectivity index (χ4v) is 3.09. The van der Waals surface area contributed by atoms with Crippen molar-refractivity contribution in [3.8, 4) is 0 Å². The summed E-state index contributed by atoms with van der Waals surface area (Å²) in [4.78, 5) is 0. The Kier molecular flexibility index (Phi) is 3.68. The van der Waals surface area contributed by atoms with Crippen LogP contribution >= 0.6 is 0 Å². The highest BCUT2D eigenvalue weighted by Crippen LogP contribution is 2.30. The van der Waals surface area contributed by atoms with Crippen molar-refractivity contribution in [2.75, 3.05) is 5.32 Å². The van der Waals surface area contributed by atoms with Gasteiger partial charge in [-0.05, 0) is 49.1 Å². The molecule has 3 heteroatoms. The Labute approximate surface area is 124 Å². The molecule has 1 heterocycles. The molecule has 2 aromatic carbocycles. The fourth-order valence-electron chi connectivity index (χ4n) is 3.09. The van der Waals surface area contributed by atoms with Crippen molar-refractivity contribution in [2.24, 2.45) is 0 Å². The average Bonchev–Trinajstić information content (AvgIpc) is 2.46. The van der Waals surface area contributed by atoms with Gasteiger partial charge in [-0.25, -0.2) is 4.39 Å². The lowest BCUT2D eigenvalue weighted by Crippen LogP contribution is -2.48. The van der Waals surface area contributed by atoms with Crippen LogP contribution in [0.2, 0.25) is 0 Å². The number of para-hydroxylation sites is 1. The van der Waals surface area contributed by atoms with Gasteiger partial charge in [-0.15, -0.1) is 0 Å². The van der Waals surface area contributed by atoms with Crippen molar-refractivity contribution in [3.63, 3.8) is 0 Å². The summed E-state index contributed by atoms with van der Waals surface area (Å²) in [5.74, 6) is -0.259. The number of benzene rings is 2. The molecule has 0 spiro atoms. The van der Waals surface area contributed by atoms with Crippen molar-refractivity contribution in [2.45, 2.75) is 37.8 Å². The molecule has 0 saturated heterocycles. The Morgan fingerprint density at radius 2 is 2.05 bits per heavy atom. The molecule has 2 N–H and O–H groups in total. The van der Waals surface area contributed by atoms with E-state index in [1.807, 2.05) is 31.2 Å². The van der Waals surface area contributed by atoms with E-state index in [0.29, 0.717) is 6.42 Å². The van der Waals surface area contributed by atoms with Crippen molar-refractivity contribution in [3.05, 3.63) is 65.5 Å². The topological polar surface area (TPSA) is 32.3 Å². The van der Waals surface area contributed by atoms with E-state index in [4.69, 9.17) is 0 Å². The maximum absolute atomic E-state index is 13.3. The highest BCUT2D eigenvalue weighted by atomic mass is 19.1. The second kappa shape index (κ2) is 5.49. The molecule has 21 heavy (non-hydrogen) atoms. The van der Waals surface area contributed by atoms with Crippen LogP contribution in [0.5, 0.6) is 0 Å². The van der Waals surface area contributed by atoms with Crippen LogP contribution in [-0.4, -0.2) is 16.7 Å². The van der Waals surface area contributed by atoms with Crippen LogP contribution in [0.25, 0.3) is 0 Å². The number of aryl methyl sites for hydroxylation is 1. The van der Waals surface area contributed by atoms with Gasteiger partial charge in [-0.2, -0.15) is 0 Å². The third-order valence-corrected chi connectivity index (χ3v) is 4.25. The first-order chi connectivity index (χ1) is 10.0. The quantitative estimate of drug-likeness (QED) is 0.904. The molecule has 0 fully saturated rings. The molecule has 0 amide bonds. The average molecular weight is 285 g/mol. The van der Waals surface area contributed by atoms with E-state index < -0.39 is 5.60 Å². The van der Waals surface area contributed by atoms with E-state index in [1.165, 1.54) is 17.7 Å². The predicted octanol–water partition coefficient (Wildman–Crippen LogP) is 3.55.